The number of aliphatic hydroxyl groups excluding tert-OH is 1. The van der Waals surface area contributed by atoms with Crippen LogP contribution in [0.3, 0.4) is 0 Å². The highest BCUT2D eigenvalue weighted by Gasteiger charge is 2.34. The molecule has 6 N–H and O–H groups in total. The molecule has 4 heterocycles. The number of aromatic amines is 2. The first kappa shape index (κ1) is 49.7. The molecule has 0 amide bonds. The first-order valence-electron chi connectivity index (χ1n) is 17.3. The summed E-state index contributed by atoms with van der Waals surface area (Å²) in [6.45, 7) is 0.0707. The Morgan fingerprint density at radius 3 is 1.92 bits per heavy atom. The largest absolute Gasteiger partial charge is 0.494 e. The van der Waals surface area contributed by atoms with Crippen molar-refractivity contribution in [2.75, 3.05) is 31.9 Å². The third-order valence-corrected chi connectivity index (χ3v) is 9.61. The van der Waals surface area contributed by atoms with Crippen molar-refractivity contribution in [3.63, 3.8) is 0 Å². The van der Waals surface area contributed by atoms with Crippen molar-refractivity contribution >= 4 is 87.2 Å². The third kappa shape index (κ3) is 15.1. The molecule has 2 aliphatic rings. The van der Waals surface area contributed by atoms with Gasteiger partial charge in [-0.25, -0.2) is 33.5 Å². The van der Waals surface area contributed by atoms with Gasteiger partial charge in [0.1, 0.15) is 27.1 Å². The van der Waals surface area contributed by atoms with E-state index in [9.17, 15) is 28.0 Å². The smallest absolute Gasteiger partial charge is 0.328 e. The first-order valence-corrected chi connectivity index (χ1v) is 19.7. The summed E-state index contributed by atoms with van der Waals surface area (Å²) in [5.41, 5.74) is 7.88. The number of nitrogens with zero attached hydrogens (tertiary/aromatic N) is 4. The maximum absolute atomic E-state index is 12.9. The molecule has 2 atom stereocenters. The summed E-state index contributed by atoms with van der Waals surface area (Å²) in [5, 5.41) is 18.7. The van der Waals surface area contributed by atoms with E-state index < -0.39 is 35.0 Å². The van der Waals surface area contributed by atoms with E-state index in [-0.39, 0.29) is 57.0 Å². The topological polar surface area (TPSA) is 236 Å². The molecule has 1 aliphatic carbocycles. The second-order valence-corrected chi connectivity index (χ2v) is 14.2. The van der Waals surface area contributed by atoms with Gasteiger partial charge in [0.05, 0.1) is 25.0 Å². The van der Waals surface area contributed by atoms with Gasteiger partial charge in [-0.3, -0.25) is 24.4 Å². The molecule has 15 nitrogen and oxygen atoms in total. The molecular weight excluding hydrogens is 921 g/mol. The maximum atomic E-state index is 12.9. The van der Waals surface area contributed by atoms with Crippen LogP contribution in [0.1, 0.15) is 46.7 Å². The molecule has 1 aliphatic heterocycles. The number of aromatic nitrogens is 6. The quantitative estimate of drug-likeness (QED) is 0.0300. The second-order valence-electron chi connectivity index (χ2n) is 12.1. The Hall–Kier alpha value is -4.62. The lowest BCUT2D eigenvalue weighted by atomic mass is 9.97. The summed E-state index contributed by atoms with van der Waals surface area (Å²) < 4.78 is 33.9. The summed E-state index contributed by atoms with van der Waals surface area (Å²) >= 11 is 34.4. The number of nitrogen functional groups attached to an aromatic ring is 1. The van der Waals surface area contributed by atoms with E-state index in [1.54, 1.807) is 12.1 Å². The summed E-state index contributed by atoms with van der Waals surface area (Å²) in [5.74, 6) is -2.07. The number of methoxy groups -OCH3 is 1. The minimum Gasteiger partial charge on any atom is -0.494 e. The van der Waals surface area contributed by atoms with Gasteiger partial charge in [-0.05, 0) is 84.4 Å². The van der Waals surface area contributed by atoms with Crippen LogP contribution in [0.5, 0.6) is 5.88 Å². The highest BCUT2D eigenvalue weighted by molar-refractivity contribution is 6.36. The molecule has 0 bridgehead atoms. The minimum absolute atomic E-state index is 0.0119. The van der Waals surface area contributed by atoms with Crippen LogP contribution in [0.15, 0.2) is 58.1 Å². The molecule has 1 fully saturated rings. The van der Waals surface area contributed by atoms with Crippen molar-refractivity contribution in [2.24, 2.45) is 5.92 Å². The molecule has 2 unspecified atom stereocenters. The highest BCUT2D eigenvalue weighted by atomic mass is 35.5. The van der Waals surface area contributed by atoms with Gasteiger partial charge in [0, 0.05) is 48.1 Å². The Kier molecular flexibility index (Phi) is 20.4. The summed E-state index contributed by atoms with van der Waals surface area (Å²) in [7, 11) is 1.26. The lowest BCUT2D eigenvalue weighted by molar-refractivity contribution is -0.153. The van der Waals surface area contributed by atoms with Crippen LogP contribution in [-0.4, -0.2) is 78.3 Å². The number of hydrogen-bond donors (Lipinski definition) is 5. The van der Waals surface area contributed by atoms with Gasteiger partial charge in [-0.1, -0.05) is 46.9 Å². The van der Waals surface area contributed by atoms with Gasteiger partial charge in [-0.15, -0.1) is 11.6 Å². The summed E-state index contributed by atoms with van der Waals surface area (Å²) in [6, 6.07) is 12.2. The van der Waals surface area contributed by atoms with Crippen molar-refractivity contribution in [3.05, 3.63) is 135 Å². The number of alkyl halides is 1. The molecule has 7 rings (SSSR count). The van der Waals surface area contributed by atoms with E-state index in [0.717, 1.165) is 29.7 Å². The summed E-state index contributed by atoms with van der Waals surface area (Å²) in [4.78, 5) is 62.4. The number of ether oxygens (including phenoxy) is 2. The normalized spacial score (nSPS) is 14.7. The van der Waals surface area contributed by atoms with Gasteiger partial charge < -0.3 is 25.4 Å². The van der Waals surface area contributed by atoms with E-state index in [1.165, 1.54) is 43.5 Å². The average Bonchev–Trinajstić information content (AvgIpc) is 3.83. The van der Waals surface area contributed by atoms with Gasteiger partial charge in [0.25, 0.3) is 5.56 Å². The Bertz CT molecular complexity index is 2300. The van der Waals surface area contributed by atoms with Crippen molar-refractivity contribution in [1.29, 1.82) is 0 Å². The lowest BCUT2D eigenvalue weighted by Gasteiger charge is -2.11. The zero-order valence-electron chi connectivity index (χ0n) is 31.2. The fraction of sp³-hybridized carbons (Fsp3) is 0.297. The highest BCUT2D eigenvalue weighted by Crippen LogP contribution is 2.39. The van der Waals surface area contributed by atoms with Crippen molar-refractivity contribution in [3.8, 4) is 5.88 Å². The maximum Gasteiger partial charge on any atom is 0.328 e. The molecule has 23 heteroatoms. The number of esters is 2. The number of H-pyrrole nitrogens is 2. The van der Waals surface area contributed by atoms with E-state index in [4.69, 9.17) is 85.6 Å². The molecule has 1 saturated heterocycles. The molecule has 322 valence electrons. The van der Waals surface area contributed by atoms with Gasteiger partial charge in [-0.2, -0.15) is 0 Å². The molecular formula is C37H35Cl6F2N7O8. The third-order valence-electron chi connectivity index (χ3n) is 8.14. The van der Waals surface area contributed by atoms with Gasteiger partial charge in [0.2, 0.25) is 16.4 Å². The Morgan fingerprint density at radius 2 is 1.42 bits per heavy atom. The number of cyclic esters (lactones) is 1. The Morgan fingerprint density at radius 1 is 0.850 bits per heavy atom. The summed E-state index contributed by atoms with van der Waals surface area (Å²) in [6.07, 6.45) is 2.73. The van der Waals surface area contributed by atoms with E-state index in [2.05, 4.69) is 29.4 Å². The standard InChI is InChI=1S/C13H9Cl2FN2.C6H4Cl4N2.C6H6FN.C6H8N2O4.C6H8O4/c14-12-10-6-5-9(11(10)17-13(15)18-12)7-1-3-8(16)4-2-7;7-2-1-3-4(8)11-6(10)12-5(3)9;7-5-1-3-6(8)4-2-5;9-2-1-3-4(10)7-6(12)8-5(3)11;1-9-5(7)4-2-3-10-6(4)8/h1-4,9H,5-6H2;1-2H2;1-4H,8H2;9H,1-2H2,(H3,7,8,10,11,12);4H,2-3H2,1H3. The van der Waals surface area contributed by atoms with Crippen molar-refractivity contribution < 1.29 is 38.1 Å². The van der Waals surface area contributed by atoms with Gasteiger partial charge >= 0.3 is 17.6 Å². The van der Waals surface area contributed by atoms with Crippen LogP contribution in [0.25, 0.3) is 0 Å². The van der Waals surface area contributed by atoms with Crippen molar-refractivity contribution in [1.82, 2.24) is 29.9 Å². The van der Waals surface area contributed by atoms with Crippen molar-refractivity contribution in [2.45, 2.75) is 38.0 Å². The number of nitrogens with one attached hydrogen (secondary N) is 2. The zero-order valence-corrected chi connectivity index (χ0v) is 35.7. The lowest BCUT2D eigenvalue weighted by Crippen LogP contribution is -2.25. The van der Waals surface area contributed by atoms with E-state index in [0.29, 0.717) is 41.7 Å². The first-order chi connectivity index (χ1) is 28.5. The molecule has 60 heavy (non-hydrogen) atoms. The number of aromatic hydroxyl groups is 1. The number of halogens is 8. The number of hydrogen-bond acceptors (Lipinski definition) is 13. The SMILES string of the molecule is COC(=O)C1CCOC1=O.ClCCc1c(Cl)nc(Cl)nc1Cl.Fc1ccc(C2CCc3c(Cl)nc(Cl)nc32)cc1.Nc1ccc(F)cc1.O=c1[nH]c(O)c(CCO)c(=O)[nH]1. The Labute approximate surface area is 370 Å². The van der Waals surface area contributed by atoms with Gasteiger partial charge in [0.15, 0.2) is 5.92 Å². The fourth-order valence-corrected chi connectivity index (χ4v) is 6.79. The average molecular weight is 956 g/mol. The molecule has 3 aromatic heterocycles. The second kappa shape index (κ2) is 24.6. The number of benzene rings is 2. The monoisotopic (exact) mass is 953 g/mol. The number of fused-ring (bicyclic) bond motifs is 1. The number of rotatable bonds is 6. The predicted octanol–water partition coefficient (Wildman–Crippen LogP) is 6.65. The molecule has 0 spiro atoms. The van der Waals surface area contributed by atoms with Crippen LogP contribution >= 0.6 is 69.6 Å². The Balaban J connectivity index is 0.000000206. The molecule has 0 saturated carbocycles. The zero-order chi connectivity index (χ0) is 44.5. The predicted molar refractivity (Wildman–Crippen MR) is 222 cm³/mol. The number of carbonyl (C=O) groups is 2. The number of anilines is 1. The molecule has 5 aromatic rings. The van der Waals surface area contributed by atoms with Crippen LogP contribution in [0, 0.1) is 17.6 Å². The van der Waals surface area contributed by atoms with E-state index >= 15 is 0 Å². The number of nitrogens with two attached hydrogens (primary N) is 1. The van der Waals surface area contributed by atoms with Crippen LogP contribution < -0.4 is 17.0 Å². The van der Waals surface area contributed by atoms with Crippen LogP contribution in [0.2, 0.25) is 26.0 Å². The molecule has 2 aromatic carbocycles. The van der Waals surface area contributed by atoms with Crippen LogP contribution in [-0.2, 0) is 38.3 Å². The van der Waals surface area contributed by atoms with E-state index in [1.807, 2.05) is 9.97 Å². The number of aliphatic hydroxyl groups is 1. The minimum atomic E-state index is -0.765. The van der Waals surface area contributed by atoms with Crippen LogP contribution in [0.4, 0.5) is 14.5 Å². The molecule has 0 radical (unpaired) electrons. The fourth-order valence-electron chi connectivity index (χ4n) is 5.28. The number of carbonyl (C=O) groups excluding carboxylic acids is 2.